The summed E-state index contributed by atoms with van der Waals surface area (Å²) in [6.45, 7) is -0.160. The molecule has 1 saturated carbocycles. The van der Waals surface area contributed by atoms with Crippen molar-refractivity contribution in [3.05, 3.63) is 29.3 Å². The molecule has 0 saturated heterocycles. The van der Waals surface area contributed by atoms with E-state index in [0.29, 0.717) is 6.42 Å². The number of aryl methyl sites for hydroxylation is 1. The molecule has 0 radical (unpaired) electrons. The molecule has 1 aromatic carbocycles. The lowest BCUT2D eigenvalue weighted by atomic mass is 9.95. The molecule has 0 bridgehead atoms. The van der Waals surface area contributed by atoms with Gasteiger partial charge in [0, 0.05) is 12.5 Å². The molecule has 6 heteroatoms. The Kier molecular flexibility index (Phi) is 7.00. The van der Waals surface area contributed by atoms with Gasteiger partial charge in [-0.3, -0.25) is 9.59 Å². The highest BCUT2D eigenvalue weighted by atomic mass is 32.1. The van der Waals surface area contributed by atoms with Crippen LogP contribution < -0.4 is 5.32 Å². The molecule has 140 valence electrons. The summed E-state index contributed by atoms with van der Waals surface area (Å²) in [6, 6.07) is 8.36. The fraction of sp³-hybridized carbons (Fsp3) is 0.550. The highest BCUT2D eigenvalue weighted by Gasteiger charge is 2.16. The van der Waals surface area contributed by atoms with E-state index >= 15 is 0 Å². The second-order valence-corrected chi connectivity index (χ2v) is 7.96. The first-order chi connectivity index (χ1) is 12.7. The number of rotatable bonds is 8. The molecule has 0 unspecified atom stereocenters. The minimum Gasteiger partial charge on any atom is -0.456 e. The van der Waals surface area contributed by atoms with Crippen molar-refractivity contribution >= 4 is 33.4 Å². The zero-order valence-electron chi connectivity index (χ0n) is 15.0. The minimum atomic E-state index is -0.298. The number of amides is 1. The topological polar surface area (TPSA) is 68.3 Å². The number of hydrogen-bond acceptors (Lipinski definition) is 5. The Balaban J connectivity index is 1.28. The number of carbonyl (C=O) groups excluding carboxylic acids is 2. The molecule has 1 fully saturated rings. The molecule has 1 aliphatic carbocycles. The van der Waals surface area contributed by atoms with Crippen LogP contribution in [0.2, 0.25) is 0 Å². The summed E-state index contributed by atoms with van der Waals surface area (Å²) in [4.78, 5) is 28.2. The lowest BCUT2D eigenvalue weighted by molar-refractivity contribution is -0.148. The summed E-state index contributed by atoms with van der Waals surface area (Å²) >= 11 is 1.71. The number of benzene rings is 1. The lowest BCUT2D eigenvalue weighted by Crippen LogP contribution is -2.38. The number of fused-ring (bicyclic) bond motifs is 1. The predicted molar refractivity (Wildman–Crippen MR) is 103 cm³/mol. The van der Waals surface area contributed by atoms with Crippen LogP contribution in [-0.4, -0.2) is 29.5 Å². The van der Waals surface area contributed by atoms with Gasteiger partial charge in [0.15, 0.2) is 6.61 Å². The van der Waals surface area contributed by atoms with E-state index in [1.165, 1.54) is 24.0 Å². The molecule has 1 amide bonds. The molecule has 0 aliphatic heterocycles. The van der Waals surface area contributed by atoms with Gasteiger partial charge in [0.1, 0.15) is 0 Å². The van der Waals surface area contributed by atoms with Gasteiger partial charge >= 0.3 is 5.97 Å². The Morgan fingerprint density at radius 2 is 1.96 bits per heavy atom. The highest BCUT2D eigenvalue weighted by molar-refractivity contribution is 7.18. The maximum Gasteiger partial charge on any atom is 0.306 e. The van der Waals surface area contributed by atoms with Gasteiger partial charge in [0.2, 0.25) is 0 Å². The highest BCUT2D eigenvalue weighted by Crippen LogP contribution is 2.23. The van der Waals surface area contributed by atoms with E-state index in [4.69, 9.17) is 4.74 Å². The molecule has 26 heavy (non-hydrogen) atoms. The third-order valence-corrected chi connectivity index (χ3v) is 5.79. The van der Waals surface area contributed by atoms with Crippen molar-refractivity contribution in [2.75, 3.05) is 6.61 Å². The van der Waals surface area contributed by atoms with Gasteiger partial charge < -0.3 is 10.1 Å². The number of esters is 1. The molecule has 1 aliphatic rings. The summed E-state index contributed by atoms with van der Waals surface area (Å²) in [7, 11) is 0. The zero-order chi connectivity index (χ0) is 18.2. The van der Waals surface area contributed by atoms with Gasteiger partial charge in [0.05, 0.1) is 15.2 Å². The van der Waals surface area contributed by atoms with E-state index in [1.807, 2.05) is 18.2 Å². The van der Waals surface area contributed by atoms with Gasteiger partial charge in [-0.15, -0.1) is 11.3 Å². The molecule has 5 nitrogen and oxygen atoms in total. The van der Waals surface area contributed by atoms with E-state index < -0.39 is 0 Å². The number of para-hydroxylation sites is 1. The summed E-state index contributed by atoms with van der Waals surface area (Å²) in [5.74, 6) is -0.479. The van der Waals surface area contributed by atoms with E-state index in [0.717, 1.165) is 42.6 Å². The number of hydrogen-bond donors (Lipinski definition) is 1. The standard InChI is InChI=1S/C20H26N2O3S/c23-18(21-15-8-2-1-3-9-15)14-25-20(24)13-7-6-12-19-22-16-10-4-5-11-17(16)26-19/h4-5,10-11,15H,1-3,6-9,12-14H2,(H,21,23). The number of carbonyl (C=O) groups is 2. The molecule has 0 atom stereocenters. The van der Waals surface area contributed by atoms with Crippen LogP contribution in [0.15, 0.2) is 24.3 Å². The quantitative estimate of drug-likeness (QED) is 0.560. The van der Waals surface area contributed by atoms with Crippen molar-refractivity contribution in [2.24, 2.45) is 0 Å². The summed E-state index contributed by atoms with van der Waals surface area (Å²) < 4.78 is 6.28. The van der Waals surface area contributed by atoms with Crippen LogP contribution in [0.25, 0.3) is 10.2 Å². The van der Waals surface area contributed by atoms with Crippen LogP contribution in [0.1, 0.15) is 56.4 Å². The average Bonchev–Trinajstić information content (AvgIpc) is 3.07. The van der Waals surface area contributed by atoms with E-state index in [9.17, 15) is 9.59 Å². The molecule has 3 rings (SSSR count). The maximum absolute atomic E-state index is 11.8. The van der Waals surface area contributed by atoms with E-state index in [-0.39, 0.29) is 24.5 Å². The summed E-state index contributed by atoms with van der Waals surface area (Å²) in [5.41, 5.74) is 1.04. The van der Waals surface area contributed by atoms with Crippen molar-refractivity contribution in [1.29, 1.82) is 0 Å². The SMILES string of the molecule is O=C(COC(=O)CCCCc1nc2ccccc2s1)NC1CCCCC1. The summed E-state index contributed by atoms with van der Waals surface area (Å²) in [6.07, 6.45) is 8.51. The van der Waals surface area contributed by atoms with Crippen molar-refractivity contribution in [3.63, 3.8) is 0 Å². The maximum atomic E-state index is 11.8. The number of nitrogens with zero attached hydrogens (tertiary/aromatic N) is 1. The van der Waals surface area contributed by atoms with Gasteiger partial charge in [-0.25, -0.2) is 4.98 Å². The minimum absolute atomic E-state index is 0.160. The van der Waals surface area contributed by atoms with Crippen LogP contribution in [0.4, 0.5) is 0 Å². The number of nitrogens with one attached hydrogen (secondary N) is 1. The van der Waals surface area contributed by atoms with Crippen LogP contribution in [0.5, 0.6) is 0 Å². The lowest BCUT2D eigenvalue weighted by Gasteiger charge is -2.22. The second-order valence-electron chi connectivity index (χ2n) is 6.85. The Labute approximate surface area is 158 Å². The Morgan fingerprint density at radius 3 is 2.77 bits per heavy atom. The first-order valence-corrected chi connectivity index (χ1v) is 10.3. The van der Waals surface area contributed by atoms with Gasteiger partial charge in [0.25, 0.3) is 5.91 Å². The largest absolute Gasteiger partial charge is 0.456 e. The van der Waals surface area contributed by atoms with Crippen LogP contribution >= 0.6 is 11.3 Å². The van der Waals surface area contributed by atoms with Crippen molar-refractivity contribution in [3.8, 4) is 0 Å². The number of ether oxygens (including phenoxy) is 1. The molecular formula is C20H26N2O3S. The van der Waals surface area contributed by atoms with Crippen molar-refractivity contribution in [1.82, 2.24) is 10.3 Å². The Morgan fingerprint density at radius 1 is 1.15 bits per heavy atom. The summed E-state index contributed by atoms with van der Waals surface area (Å²) in [5, 5.41) is 4.06. The predicted octanol–water partition coefficient (Wildman–Crippen LogP) is 4.00. The molecular weight excluding hydrogens is 348 g/mol. The molecule has 1 aromatic heterocycles. The Bertz CT molecular complexity index is 704. The normalized spacial score (nSPS) is 15.1. The second kappa shape index (κ2) is 9.67. The van der Waals surface area contributed by atoms with Gasteiger partial charge in [-0.2, -0.15) is 0 Å². The van der Waals surface area contributed by atoms with Crippen LogP contribution in [0, 0.1) is 0 Å². The molecule has 2 aromatic rings. The van der Waals surface area contributed by atoms with Gasteiger partial charge in [-0.05, 0) is 44.2 Å². The third-order valence-electron chi connectivity index (χ3n) is 4.69. The van der Waals surface area contributed by atoms with E-state index in [2.05, 4.69) is 16.4 Å². The molecule has 1 heterocycles. The van der Waals surface area contributed by atoms with Crippen LogP contribution in [-0.2, 0) is 20.7 Å². The Hall–Kier alpha value is -1.95. The number of thiazole rings is 1. The fourth-order valence-electron chi connectivity index (χ4n) is 3.31. The average molecular weight is 375 g/mol. The van der Waals surface area contributed by atoms with E-state index in [1.54, 1.807) is 11.3 Å². The third kappa shape index (κ3) is 5.80. The number of aromatic nitrogens is 1. The smallest absolute Gasteiger partial charge is 0.306 e. The first-order valence-electron chi connectivity index (χ1n) is 9.50. The number of unbranched alkanes of at least 4 members (excludes halogenated alkanes) is 1. The molecule has 1 N–H and O–H groups in total. The van der Waals surface area contributed by atoms with Gasteiger partial charge in [-0.1, -0.05) is 31.4 Å². The zero-order valence-corrected chi connectivity index (χ0v) is 15.9. The first kappa shape index (κ1) is 18.8. The van der Waals surface area contributed by atoms with Crippen molar-refractivity contribution in [2.45, 2.75) is 63.8 Å². The van der Waals surface area contributed by atoms with Crippen molar-refractivity contribution < 1.29 is 14.3 Å². The molecule has 0 spiro atoms. The van der Waals surface area contributed by atoms with Crippen LogP contribution in [0.3, 0.4) is 0 Å². The monoisotopic (exact) mass is 374 g/mol. The fourth-order valence-corrected chi connectivity index (χ4v) is 4.32.